The Labute approximate surface area is 180 Å². The van der Waals surface area contributed by atoms with E-state index >= 15 is 0 Å². The summed E-state index contributed by atoms with van der Waals surface area (Å²) < 4.78 is 42.9. The maximum absolute atomic E-state index is 12.4. The van der Waals surface area contributed by atoms with Crippen LogP contribution in [0, 0.1) is 0 Å². The zero-order valence-corrected chi connectivity index (χ0v) is 18.2. The molecule has 0 saturated carbocycles. The number of carbonyl (C=O) groups is 2. The SMILES string of the molecule is CC(C)NS(=O)(=O)c1ccc(NC(=O)C(C)OC(=O)c2ccc3c(c2)OCCO3)cc1. The minimum atomic E-state index is -3.63. The fourth-order valence-electron chi connectivity index (χ4n) is 2.79. The molecule has 0 fully saturated rings. The molecule has 0 radical (unpaired) electrons. The summed E-state index contributed by atoms with van der Waals surface area (Å²) >= 11 is 0. The fraction of sp³-hybridized carbons (Fsp3) is 0.333. The van der Waals surface area contributed by atoms with Gasteiger partial charge in [-0.3, -0.25) is 4.79 Å². The van der Waals surface area contributed by atoms with Gasteiger partial charge in [0.25, 0.3) is 5.91 Å². The molecule has 2 aromatic rings. The van der Waals surface area contributed by atoms with E-state index in [-0.39, 0.29) is 16.5 Å². The van der Waals surface area contributed by atoms with Crippen LogP contribution in [-0.4, -0.2) is 45.7 Å². The Balaban J connectivity index is 1.60. The zero-order chi connectivity index (χ0) is 22.6. The van der Waals surface area contributed by atoms with Crippen LogP contribution in [0.3, 0.4) is 0 Å². The summed E-state index contributed by atoms with van der Waals surface area (Å²) in [7, 11) is -3.63. The van der Waals surface area contributed by atoms with Crippen LogP contribution in [0.25, 0.3) is 0 Å². The highest BCUT2D eigenvalue weighted by atomic mass is 32.2. The molecule has 9 nitrogen and oxygen atoms in total. The van der Waals surface area contributed by atoms with Gasteiger partial charge in [0.15, 0.2) is 17.6 Å². The smallest absolute Gasteiger partial charge is 0.339 e. The first-order valence-corrected chi connectivity index (χ1v) is 11.2. The summed E-state index contributed by atoms with van der Waals surface area (Å²) in [4.78, 5) is 24.8. The van der Waals surface area contributed by atoms with E-state index in [1.807, 2.05) is 0 Å². The fourth-order valence-corrected chi connectivity index (χ4v) is 4.04. The molecule has 0 aliphatic carbocycles. The number of fused-ring (bicyclic) bond motifs is 1. The summed E-state index contributed by atoms with van der Waals surface area (Å²) in [6.07, 6.45) is -1.08. The minimum absolute atomic E-state index is 0.0808. The van der Waals surface area contributed by atoms with Crippen molar-refractivity contribution in [1.29, 1.82) is 0 Å². The highest BCUT2D eigenvalue weighted by Gasteiger charge is 2.22. The van der Waals surface area contributed by atoms with Gasteiger partial charge in [0.2, 0.25) is 10.0 Å². The van der Waals surface area contributed by atoms with E-state index in [1.165, 1.54) is 43.3 Å². The van der Waals surface area contributed by atoms with Gasteiger partial charge in [0, 0.05) is 11.7 Å². The van der Waals surface area contributed by atoms with Gasteiger partial charge in [-0.2, -0.15) is 0 Å². The van der Waals surface area contributed by atoms with Gasteiger partial charge >= 0.3 is 5.97 Å². The van der Waals surface area contributed by atoms with Crippen LogP contribution < -0.4 is 19.5 Å². The number of hydrogen-bond acceptors (Lipinski definition) is 7. The Morgan fingerprint density at radius 1 is 0.968 bits per heavy atom. The van der Waals surface area contributed by atoms with Gasteiger partial charge in [-0.15, -0.1) is 0 Å². The number of benzene rings is 2. The van der Waals surface area contributed by atoms with Crippen LogP contribution in [0.2, 0.25) is 0 Å². The third-order valence-corrected chi connectivity index (χ3v) is 5.93. The number of anilines is 1. The number of ether oxygens (including phenoxy) is 3. The molecule has 1 amide bonds. The number of nitrogens with one attached hydrogen (secondary N) is 2. The van der Waals surface area contributed by atoms with Crippen LogP contribution in [0.15, 0.2) is 47.4 Å². The van der Waals surface area contributed by atoms with Gasteiger partial charge in [-0.1, -0.05) is 0 Å². The first kappa shape index (κ1) is 22.6. The quantitative estimate of drug-likeness (QED) is 0.624. The van der Waals surface area contributed by atoms with Crippen LogP contribution >= 0.6 is 0 Å². The molecule has 1 aliphatic heterocycles. The minimum Gasteiger partial charge on any atom is -0.486 e. The zero-order valence-electron chi connectivity index (χ0n) is 17.4. The van der Waals surface area contributed by atoms with Crippen LogP contribution in [0.5, 0.6) is 11.5 Å². The van der Waals surface area contributed by atoms with Crippen molar-refractivity contribution in [2.45, 2.75) is 37.8 Å². The van der Waals surface area contributed by atoms with E-state index in [0.29, 0.717) is 30.4 Å². The van der Waals surface area contributed by atoms with Crippen LogP contribution in [0.1, 0.15) is 31.1 Å². The largest absolute Gasteiger partial charge is 0.486 e. The lowest BCUT2D eigenvalue weighted by molar-refractivity contribution is -0.123. The number of carbonyl (C=O) groups excluding carboxylic acids is 2. The molecule has 166 valence electrons. The predicted octanol–water partition coefficient (Wildman–Crippen LogP) is 2.33. The highest BCUT2D eigenvalue weighted by molar-refractivity contribution is 7.89. The van der Waals surface area contributed by atoms with Crippen molar-refractivity contribution >= 4 is 27.6 Å². The molecule has 31 heavy (non-hydrogen) atoms. The van der Waals surface area contributed by atoms with E-state index in [2.05, 4.69) is 10.0 Å². The van der Waals surface area contributed by atoms with E-state index < -0.39 is 28.0 Å². The third-order valence-electron chi connectivity index (χ3n) is 4.25. The standard InChI is InChI=1S/C21H24N2O7S/c1-13(2)23-31(26,27)17-7-5-16(6-8-17)22-20(24)14(3)30-21(25)15-4-9-18-19(12-15)29-11-10-28-18/h4-9,12-14,23H,10-11H2,1-3H3,(H,22,24). The van der Waals surface area contributed by atoms with Crippen molar-refractivity contribution < 1.29 is 32.2 Å². The second kappa shape index (κ2) is 9.36. The van der Waals surface area contributed by atoms with Crippen molar-refractivity contribution in [3.8, 4) is 11.5 Å². The summed E-state index contributed by atoms with van der Waals surface area (Å²) in [6.45, 7) is 5.71. The van der Waals surface area contributed by atoms with E-state index in [4.69, 9.17) is 14.2 Å². The lowest BCUT2D eigenvalue weighted by atomic mass is 10.2. The first-order valence-electron chi connectivity index (χ1n) is 9.69. The van der Waals surface area contributed by atoms with Gasteiger partial charge in [0.05, 0.1) is 10.5 Å². The summed E-state index contributed by atoms with van der Waals surface area (Å²) in [5.41, 5.74) is 0.604. The molecule has 2 aromatic carbocycles. The van der Waals surface area contributed by atoms with Gasteiger partial charge < -0.3 is 19.5 Å². The number of rotatable bonds is 7. The van der Waals surface area contributed by atoms with Crippen molar-refractivity contribution in [2.75, 3.05) is 18.5 Å². The first-order chi connectivity index (χ1) is 14.7. The molecule has 2 N–H and O–H groups in total. The summed E-state index contributed by atoms with van der Waals surface area (Å²) in [5, 5.41) is 2.59. The lowest BCUT2D eigenvalue weighted by Gasteiger charge is -2.19. The number of amides is 1. The van der Waals surface area contributed by atoms with Crippen molar-refractivity contribution in [3.63, 3.8) is 0 Å². The monoisotopic (exact) mass is 448 g/mol. The number of hydrogen-bond donors (Lipinski definition) is 2. The molecule has 1 aliphatic rings. The number of esters is 1. The van der Waals surface area contributed by atoms with E-state index in [1.54, 1.807) is 19.9 Å². The van der Waals surface area contributed by atoms with Crippen molar-refractivity contribution in [2.24, 2.45) is 0 Å². The van der Waals surface area contributed by atoms with Crippen LogP contribution in [-0.2, 0) is 19.6 Å². The molecule has 0 aromatic heterocycles. The van der Waals surface area contributed by atoms with Crippen LogP contribution in [0.4, 0.5) is 5.69 Å². The molecule has 1 atom stereocenters. The van der Waals surface area contributed by atoms with Gasteiger partial charge in [0.1, 0.15) is 13.2 Å². The Kier molecular flexibility index (Phi) is 6.81. The average molecular weight is 448 g/mol. The average Bonchev–Trinajstić information content (AvgIpc) is 2.72. The normalized spacial score (nSPS) is 14.1. The lowest BCUT2D eigenvalue weighted by Crippen LogP contribution is -2.30. The maximum Gasteiger partial charge on any atom is 0.339 e. The van der Waals surface area contributed by atoms with Gasteiger partial charge in [-0.05, 0) is 63.2 Å². The maximum atomic E-state index is 12.4. The molecule has 0 spiro atoms. The highest BCUT2D eigenvalue weighted by Crippen LogP contribution is 2.31. The molecular weight excluding hydrogens is 424 g/mol. The van der Waals surface area contributed by atoms with E-state index in [0.717, 1.165) is 0 Å². The second-order valence-corrected chi connectivity index (χ2v) is 8.91. The van der Waals surface area contributed by atoms with Crippen molar-refractivity contribution in [3.05, 3.63) is 48.0 Å². The Morgan fingerprint density at radius 3 is 2.26 bits per heavy atom. The van der Waals surface area contributed by atoms with E-state index in [9.17, 15) is 18.0 Å². The number of sulfonamides is 1. The molecule has 0 saturated heterocycles. The molecule has 0 bridgehead atoms. The molecule has 3 rings (SSSR count). The van der Waals surface area contributed by atoms with Gasteiger partial charge in [-0.25, -0.2) is 17.9 Å². The Bertz CT molecular complexity index is 1070. The Hall–Kier alpha value is -3.11. The summed E-state index contributed by atoms with van der Waals surface area (Å²) in [5.74, 6) is -0.245. The molecular formula is C21H24N2O7S. The molecule has 10 heteroatoms. The van der Waals surface area contributed by atoms with Crippen molar-refractivity contribution in [1.82, 2.24) is 4.72 Å². The third kappa shape index (κ3) is 5.74. The predicted molar refractivity (Wildman–Crippen MR) is 113 cm³/mol. The topological polar surface area (TPSA) is 120 Å². The molecule has 1 heterocycles. The second-order valence-electron chi connectivity index (χ2n) is 7.20. The Morgan fingerprint density at radius 2 is 1.61 bits per heavy atom. The summed E-state index contributed by atoms with van der Waals surface area (Å²) in [6, 6.07) is 10.1. The molecule has 1 unspecified atom stereocenters.